The van der Waals surface area contributed by atoms with Crippen molar-refractivity contribution in [2.45, 2.75) is 64.8 Å². The molecule has 1 N–H and O–H groups in total. The molecule has 2 rings (SSSR count). The summed E-state index contributed by atoms with van der Waals surface area (Å²) in [5.74, 6) is 1.63. The number of likely N-dealkylation sites (N-methyl/N-ethyl adjacent to an activating group) is 1. The molecule has 0 aromatic heterocycles. The van der Waals surface area contributed by atoms with Crippen LogP contribution >= 0.6 is 0 Å². The first-order valence-corrected chi connectivity index (χ1v) is 7.58. The van der Waals surface area contributed by atoms with Gasteiger partial charge in [-0.05, 0) is 45.6 Å². The largest absolute Gasteiger partial charge is 0.373 e. The van der Waals surface area contributed by atoms with Gasteiger partial charge in [0, 0.05) is 25.2 Å². The number of hydrogen-bond donors (Lipinski definition) is 1. The Morgan fingerprint density at radius 3 is 2.17 bits per heavy atom. The monoisotopic (exact) mass is 254 g/mol. The molecule has 3 heteroatoms. The maximum Gasteiger partial charge on any atom is 0.0678 e. The van der Waals surface area contributed by atoms with Crippen molar-refractivity contribution in [2.24, 2.45) is 11.8 Å². The molecule has 1 aliphatic carbocycles. The fraction of sp³-hybridized carbons (Fsp3) is 1.00. The second kappa shape index (κ2) is 5.89. The number of rotatable bonds is 2. The van der Waals surface area contributed by atoms with E-state index >= 15 is 0 Å². The molecule has 0 radical (unpaired) electrons. The zero-order valence-corrected chi connectivity index (χ0v) is 12.6. The average molecular weight is 254 g/mol. The van der Waals surface area contributed by atoms with Crippen LogP contribution in [-0.4, -0.2) is 49.3 Å². The van der Waals surface area contributed by atoms with Crippen molar-refractivity contribution in [2.75, 3.05) is 20.1 Å². The van der Waals surface area contributed by atoms with Gasteiger partial charge in [-0.25, -0.2) is 0 Å². The molecule has 4 unspecified atom stereocenters. The van der Waals surface area contributed by atoms with E-state index in [1.165, 1.54) is 12.8 Å². The molecule has 2 aliphatic rings. The van der Waals surface area contributed by atoms with Gasteiger partial charge in [-0.2, -0.15) is 0 Å². The normalized spacial score (nSPS) is 47.2. The smallest absolute Gasteiger partial charge is 0.0678 e. The van der Waals surface area contributed by atoms with E-state index in [2.05, 4.69) is 45.0 Å². The van der Waals surface area contributed by atoms with Crippen LogP contribution in [0, 0.1) is 11.8 Å². The van der Waals surface area contributed by atoms with Crippen molar-refractivity contribution >= 4 is 0 Å². The molecule has 1 saturated heterocycles. The molecule has 0 aromatic rings. The summed E-state index contributed by atoms with van der Waals surface area (Å²) in [6, 6.07) is 1.32. The van der Waals surface area contributed by atoms with Gasteiger partial charge in [-0.1, -0.05) is 13.8 Å². The van der Waals surface area contributed by atoms with Gasteiger partial charge >= 0.3 is 0 Å². The Morgan fingerprint density at radius 2 is 1.61 bits per heavy atom. The number of ether oxygens (including phenoxy) is 1. The molecule has 0 aromatic carbocycles. The van der Waals surface area contributed by atoms with Crippen molar-refractivity contribution in [3.63, 3.8) is 0 Å². The number of nitrogens with one attached hydrogen (secondary N) is 1. The molecule has 3 nitrogen and oxygen atoms in total. The summed E-state index contributed by atoms with van der Waals surface area (Å²) < 4.78 is 5.87. The van der Waals surface area contributed by atoms with E-state index in [1.54, 1.807) is 0 Å². The molecule has 1 aliphatic heterocycles. The zero-order valence-electron chi connectivity index (χ0n) is 12.6. The average Bonchev–Trinajstić information content (AvgIpc) is 2.26. The minimum absolute atomic E-state index is 0.373. The predicted molar refractivity (Wildman–Crippen MR) is 75.8 cm³/mol. The van der Waals surface area contributed by atoms with E-state index in [9.17, 15) is 0 Å². The van der Waals surface area contributed by atoms with Crippen LogP contribution in [-0.2, 0) is 4.74 Å². The molecule has 6 atom stereocenters. The maximum atomic E-state index is 5.87. The van der Waals surface area contributed by atoms with Gasteiger partial charge in [0.25, 0.3) is 0 Å². The highest BCUT2D eigenvalue weighted by atomic mass is 16.5. The van der Waals surface area contributed by atoms with Gasteiger partial charge in [0.2, 0.25) is 0 Å². The minimum Gasteiger partial charge on any atom is -0.373 e. The molecule has 0 amide bonds. The van der Waals surface area contributed by atoms with Crippen molar-refractivity contribution in [1.29, 1.82) is 0 Å². The third kappa shape index (κ3) is 3.06. The standard InChI is InChI=1S/C15H30N2O/c1-10-6-11(2)15(14(7-10)16-5)17-8-12(3)18-13(4)9-17/h10-16H,6-9H2,1-5H3/t10?,11?,12-,13+,14?,15?. The molecule has 0 spiro atoms. The molecule has 18 heavy (non-hydrogen) atoms. The Labute approximate surface area is 112 Å². The Balaban J connectivity index is 2.08. The molecule has 106 valence electrons. The first-order valence-electron chi connectivity index (χ1n) is 7.58. The molecule has 0 bridgehead atoms. The van der Waals surface area contributed by atoms with Crippen LogP contribution in [0.3, 0.4) is 0 Å². The SMILES string of the molecule is CNC1CC(C)CC(C)C1N1C[C@@H](C)O[C@@H](C)C1. The van der Waals surface area contributed by atoms with Gasteiger partial charge in [-0.3, -0.25) is 4.90 Å². The van der Waals surface area contributed by atoms with E-state index in [1.807, 2.05) is 0 Å². The first kappa shape index (κ1) is 14.3. The number of morpholine rings is 1. The highest BCUT2D eigenvalue weighted by Gasteiger charge is 2.39. The summed E-state index contributed by atoms with van der Waals surface area (Å²) >= 11 is 0. The number of nitrogens with zero attached hydrogens (tertiary/aromatic N) is 1. The Hall–Kier alpha value is -0.120. The molecular weight excluding hydrogens is 224 g/mol. The molecular formula is C15H30N2O. The summed E-state index contributed by atoms with van der Waals surface area (Å²) in [7, 11) is 2.12. The summed E-state index contributed by atoms with van der Waals surface area (Å²) in [5.41, 5.74) is 0. The lowest BCUT2D eigenvalue weighted by atomic mass is 9.75. The van der Waals surface area contributed by atoms with E-state index in [4.69, 9.17) is 4.74 Å². The van der Waals surface area contributed by atoms with E-state index < -0.39 is 0 Å². The van der Waals surface area contributed by atoms with Crippen LogP contribution in [0.25, 0.3) is 0 Å². The summed E-state index contributed by atoms with van der Waals surface area (Å²) in [5, 5.41) is 3.56. The van der Waals surface area contributed by atoms with Gasteiger partial charge < -0.3 is 10.1 Å². The van der Waals surface area contributed by atoms with Crippen molar-refractivity contribution < 1.29 is 4.74 Å². The Bertz CT molecular complexity index is 261. The fourth-order valence-corrected chi connectivity index (χ4v) is 4.20. The van der Waals surface area contributed by atoms with Crippen LogP contribution < -0.4 is 5.32 Å². The summed E-state index contributed by atoms with van der Waals surface area (Å²) in [6.07, 6.45) is 3.42. The van der Waals surface area contributed by atoms with E-state index in [-0.39, 0.29) is 0 Å². The fourth-order valence-electron chi connectivity index (χ4n) is 4.20. The van der Waals surface area contributed by atoms with E-state index in [0.29, 0.717) is 24.3 Å². The third-order valence-electron chi connectivity index (χ3n) is 4.67. The van der Waals surface area contributed by atoms with Gasteiger partial charge in [0.15, 0.2) is 0 Å². The summed E-state index contributed by atoms with van der Waals surface area (Å²) in [6.45, 7) is 11.4. The van der Waals surface area contributed by atoms with Crippen LogP contribution in [0.2, 0.25) is 0 Å². The van der Waals surface area contributed by atoms with Gasteiger partial charge in [-0.15, -0.1) is 0 Å². The van der Waals surface area contributed by atoms with Crippen LogP contribution in [0.4, 0.5) is 0 Å². The Morgan fingerprint density at radius 1 is 1.00 bits per heavy atom. The maximum absolute atomic E-state index is 5.87. The first-order chi connectivity index (χ1) is 8.51. The molecule has 2 fully saturated rings. The summed E-state index contributed by atoms with van der Waals surface area (Å²) in [4.78, 5) is 2.68. The van der Waals surface area contributed by atoms with E-state index in [0.717, 1.165) is 24.9 Å². The quantitative estimate of drug-likeness (QED) is 0.817. The van der Waals surface area contributed by atoms with Crippen molar-refractivity contribution in [3.8, 4) is 0 Å². The zero-order chi connectivity index (χ0) is 13.3. The van der Waals surface area contributed by atoms with Crippen LogP contribution in [0.5, 0.6) is 0 Å². The van der Waals surface area contributed by atoms with Gasteiger partial charge in [0.05, 0.1) is 12.2 Å². The second-order valence-corrected chi connectivity index (χ2v) is 6.65. The number of hydrogen-bond acceptors (Lipinski definition) is 3. The lowest BCUT2D eigenvalue weighted by Crippen LogP contribution is -2.60. The van der Waals surface area contributed by atoms with Crippen LogP contribution in [0.1, 0.15) is 40.5 Å². The lowest BCUT2D eigenvalue weighted by Gasteiger charge is -2.49. The van der Waals surface area contributed by atoms with Crippen LogP contribution in [0.15, 0.2) is 0 Å². The Kier molecular flexibility index (Phi) is 4.68. The lowest BCUT2D eigenvalue weighted by molar-refractivity contribution is -0.0967. The highest BCUT2D eigenvalue weighted by Crippen LogP contribution is 2.33. The predicted octanol–water partition coefficient (Wildman–Crippen LogP) is 2.12. The highest BCUT2D eigenvalue weighted by molar-refractivity contribution is 4.95. The minimum atomic E-state index is 0.373. The molecule has 1 saturated carbocycles. The van der Waals surface area contributed by atoms with Gasteiger partial charge in [0.1, 0.15) is 0 Å². The van der Waals surface area contributed by atoms with Crippen molar-refractivity contribution in [3.05, 3.63) is 0 Å². The topological polar surface area (TPSA) is 24.5 Å². The van der Waals surface area contributed by atoms with Crippen molar-refractivity contribution in [1.82, 2.24) is 10.2 Å². The second-order valence-electron chi connectivity index (χ2n) is 6.65. The molecule has 1 heterocycles. The third-order valence-corrected chi connectivity index (χ3v) is 4.67.